The molecule has 0 unspecified atom stereocenters. The van der Waals surface area contributed by atoms with Gasteiger partial charge in [0.05, 0.1) is 0 Å². The molecule has 0 aliphatic rings. The summed E-state index contributed by atoms with van der Waals surface area (Å²) in [6.45, 7) is 0. The quantitative estimate of drug-likeness (QED) is 0.168. The highest BCUT2D eigenvalue weighted by Gasteiger charge is 2.19. The summed E-state index contributed by atoms with van der Waals surface area (Å²) in [5.74, 6) is 0. The number of para-hydroxylation sites is 3. The standard InChI is InChI=1S/C58H35NO3/c1-2-10-45-37(9-1)25-33-50-56-44(13-8-18-55(56)62-58(45)50)38-21-29-42(30-22-38)59(41-27-19-36(20-28-41)40-26-34-54-51(35-40)48-12-4-5-16-52(48)60-54)43-31-23-39(24-32-43)46-14-7-15-49-47-11-3-6-17-53(47)61-57(46)49/h1-35H. The van der Waals surface area contributed by atoms with Gasteiger partial charge in [0.25, 0.3) is 0 Å². The molecule has 0 saturated heterocycles. The van der Waals surface area contributed by atoms with Crippen LogP contribution in [0.15, 0.2) is 226 Å². The molecule has 0 radical (unpaired) electrons. The summed E-state index contributed by atoms with van der Waals surface area (Å²) in [5.41, 5.74) is 15.3. The molecule has 13 rings (SSSR count). The molecule has 13 aromatic rings. The Kier molecular flexibility index (Phi) is 7.57. The molecule has 62 heavy (non-hydrogen) atoms. The largest absolute Gasteiger partial charge is 0.456 e. The predicted octanol–water partition coefficient (Wildman–Crippen LogP) is 17.0. The molecule has 0 bridgehead atoms. The predicted molar refractivity (Wildman–Crippen MR) is 257 cm³/mol. The molecule has 0 amide bonds. The number of hydrogen-bond acceptors (Lipinski definition) is 4. The van der Waals surface area contributed by atoms with Crippen molar-refractivity contribution in [2.45, 2.75) is 0 Å². The van der Waals surface area contributed by atoms with E-state index in [4.69, 9.17) is 13.3 Å². The highest BCUT2D eigenvalue weighted by molar-refractivity contribution is 6.19. The Morgan fingerprint density at radius 1 is 0.274 bits per heavy atom. The number of nitrogens with zero attached hydrogens (tertiary/aromatic N) is 1. The van der Waals surface area contributed by atoms with Crippen molar-refractivity contribution in [3.8, 4) is 33.4 Å². The van der Waals surface area contributed by atoms with Gasteiger partial charge in [-0.2, -0.15) is 0 Å². The lowest BCUT2D eigenvalue weighted by atomic mass is 9.97. The van der Waals surface area contributed by atoms with Crippen molar-refractivity contribution in [2.24, 2.45) is 0 Å². The first-order valence-electron chi connectivity index (χ1n) is 21.0. The number of fused-ring (bicyclic) bond motifs is 11. The van der Waals surface area contributed by atoms with Crippen LogP contribution in [0.1, 0.15) is 0 Å². The molecule has 3 aromatic heterocycles. The maximum Gasteiger partial charge on any atom is 0.143 e. The summed E-state index contributed by atoms with van der Waals surface area (Å²) >= 11 is 0. The summed E-state index contributed by atoms with van der Waals surface area (Å²) in [6, 6.07) is 75.1. The normalized spacial score (nSPS) is 11.9. The van der Waals surface area contributed by atoms with Crippen LogP contribution in [-0.2, 0) is 0 Å². The molecule has 0 atom stereocenters. The van der Waals surface area contributed by atoms with Crippen LogP contribution in [0.5, 0.6) is 0 Å². The number of anilines is 3. The zero-order valence-corrected chi connectivity index (χ0v) is 33.4. The minimum atomic E-state index is 0.887. The molecule has 290 valence electrons. The van der Waals surface area contributed by atoms with E-state index in [1.54, 1.807) is 0 Å². The van der Waals surface area contributed by atoms with Crippen LogP contribution in [0.4, 0.5) is 17.1 Å². The van der Waals surface area contributed by atoms with Gasteiger partial charge in [-0.05, 0) is 106 Å². The van der Waals surface area contributed by atoms with Gasteiger partial charge in [-0.1, -0.05) is 140 Å². The van der Waals surface area contributed by atoms with Gasteiger partial charge in [0.15, 0.2) is 0 Å². The minimum Gasteiger partial charge on any atom is -0.456 e. The average Bonchev–Trinajstić information content (AvgIpc) is 4.04. The van der Waals surface area contributed by atoms with Crippen LogP contribution < -0.4 is 4.90 Å². The highest BCUT2D eigenvalue weighted by atomic mass is 16.3. The SMILES string of the molecule is c1ccc2c(c1)ccc1c2oc2cccc(-c3ccc(N(c4ccc(-c5ccc6oc7ccccc7c6c5)cc4)c4ccc(-c5cccc6c5oc5ccccc56)cc4)cc3)c21. The van der Waals surface area contributed by atoms with Gasteiger partial charge in [-0.3, -0.25) is 0 Å². The smallest absolute Gasteiger partial charge is 0.143 e. The third-order valence-electron chi connectivity index (χ3n) is 12.5. The Morgan fingerprint density at radius 2 is 0.790 bits per heavy atom. The van der Waals surface area contributed by atoms with E-state index >= 15 is 0 Å². The van der Waals surface area contributed by atoms with Gasteiger partial charge < -0.3 is 18.2 Å². The molecule has 10 aromatic carbocycles. The minimum absolute atomic E-state index is 0.887. The van der Waals surface area contributed by atoms with E-state index in [0.717, 1.165) is 122 Å². The fraction of sp³-hybridized carbons (Fsp3) is 0. The van der Waals surface area contributed by atoms with Gasteiger partial charge in [0.1, 0.15) is 33.5 Å². The molecule has 4 nitrogen and oxygen atoms in total. The first kappa shape index (κ1) is 34.5. The second-order valence-electron chi connectivity index (χ2n) is 16.0. The van der Waals surface area contributed by atoms with Gasteiger partial charge in [0, 0.05) is 60.3 Å². The maximum atomic E-state index is 6.54. The Labute approximate surface area is 356 Å². The molecule has 0 spiro atoms. The van der Waals surface area contributed by atoms with Crippen LogP contribution in [0.3, 0.4) is 0 Å². The summed E-state index contributed by atoms with van der Waals surface area (Å²) in [4.78, 5) is 2.33. The Morgan fingerprint density at radius 3 is 1.53 bits per heavy atom. The molecule has 0 N–H and O–H groups in total. The number of benzene rings is 10. The van der Waals surface area contributed by atoms with Gasteiger partial charge in [-0.15, -0.1) is 0 Å². The summed E-state index contributed by atoms with van der Waals surface area (Å²) in [6.07, 6.45) is 0. The second kappa shape index (κ2) is 13.6. The van der Waals surface area contributed by atoms with Crippen molar-refractivity contribution in [1.82, 2.24) is 0 Å². The first-order chi connectivity index (χ1) is 30.7. The third kappa shape index (κ3) is 5.40. The fourth-order valence-corrected chi connectivity index (χ4v) is 9.50. The van der Waals surface area contributed by atoms with Crippen molar-refractivity contribution in [2.75, 3.05) is 4.90 Å². The third-order valence-corrected chi connectivity index (χ3v) is 12.5. The van der Waals surface area contributed by atoms with Crippen molar-refractivity contribution in [3.63, 3.8) is 0 Å². The Balaban J connectivity index is 0.909. The van der Waals surface area contributed by atoms with Crippen LogP contribution in [0.25, 0.3) is 110 Å². The van der Waals surface area contributed by atoms with Gasteiger partial charge >= 0.3 is 0 Å². The summed E-state index contributed by atoms with van der Waals surface area (Å²) in [7, 11) is 0. The van der Waals surface area contributed by atoms with Crippen LogP contribution in [0, 0.1) is 0 Å². The van der Waals surface area contributed by atoms with Crippen molar-refractivity contribution < 1.29 is 13.3 Å². The molecular weight excluding hydrogens is 759 g/mol. The zero-order valence-electron chi connectivity index (χ0n) is 33.4. The molecule has 0 aliphatic carbocycles. The van der Waals surface area contributed by atoms with Crippen LogP contribution in [0.2, 0.25) is 0 Å². The lowest BCUT2D eigenvalue weighted by Crippen LogP contribution is -2.09. The second-order valence-corrected chi connectivity index (χ2v) is 16.0. The monoisotopic (exact) mass is 793 g/mol. The van der Waals surface area contributed by atoms with Crippen molar-refractivity contribution in [3.05, 3.63) is 212 Å². The van der Waals surface area contributed by atoms with E-state index in [-0.39, 0.29) is 0 Å². The highest BCUT2D eigenvalue weighted by Crippen LogP contribution is 2.43. The molecular formula is C58H35NO3. The average molecular weight is 794 g/mol. The van der Waals surface area contributed by atoms with E-state index in [1.165, 1.54) is 5.39 Å². The number of furan rings is 3. The first-order valence-corrected chi connectivity index (χ1v) is 21.0. The molecule has 3 heterocycles. The summed E-state index contributed by atoms with van der Waals surface area (Å²) in [5, 5.41) is 9.05. The van der Waals surface area contributed by atoms with E-state index in [2.05, 4.69) is 193 Å². The maximum absolute atomic E-state index is 6.54. The van der Waals surface area contributed by atoms with Crippen LogP contribution in [-0.4, -0.2) is 0 Å². The Bertz CT molecular complexity index is 3850. The van der Waals surface area contributed by atoms with E-state index < -0.39 is 0 Å². The van der Waals surface area contributed by atoms with Crippen molar-refractivity contribution in [1.29, 1.82) is 0 Å². The Hall–Kier alpha value is -8.34. The molecule has 0 aliphatic heterocycles. The summed E-state index contributed by atoms with van der Waals surface area (Å²) < 4.78 is 19.1. The topological polar surface area (TPSA) is 42.7 Å². The van der Waals surface area contributed by atoms with E-state index in [0.29, 0.717) is 0 Å². The lowest BCUT2D eigenvalue weighted by Gasteiger charge is -2.26. The fourth-order valence-electron chi connectivity index (χ4n) is 9.50. The number of hydrogen-bond donors (Lipinski definition) is 0. The molecule has 4 heteroatoms. The van der Waals surface area contributed by atoms with Gasteiger partial charge in [0.2, 0.25) is 0 Å². The molecule has 0 saturated carbocycles. The molecule has 0 fully saturated rings. The van der Waals surface area contributed by atoms with E-state index in [9.17, 15) is 0 Å². The van der Waals surface area contributed by atoms with Crippen molar-refractivity contribution >= 4 is 93.7 Å². The lowest BCUT2D eigenvalue weighted by molar-refractivity contribution is 0.669. The van der Waals surface area contributed by atoms with Crippen LogP contribution >= 0.6 is 0 Å². The zero-order chi connectivity index (χ0) is 40.7. The van der Waals surface area contributed by atoms with Gasteiger partial charge in [-0.25, -0.2) is 0 Å². The van der Waals surface area contributed by atoms with E-state index in [1.807, 2.05) is 24.3 Å². The number of rotatable bonds is 6.